The molecule has 3 aliphatic rings. The van der Waals surface area contributed by atoms with Crippen molar-refractivity contribution in [2.24, 2.45) is 0 Å². The molecule has 1 atom stereocenters. The fraction of sp³-hybridized carbons (Fsp3) is 0.333. The van der Waals surface area contributed by atoms with E-state index in [9.17, 15) is 24.0 Å². The predicted octanol–water partition coefficient (Wildman–Crippen LogP) is 4.04. The van der Waals surface area contributed by atoms with Gasteiger partial charge >= 0.3 is 0 Å². The average Bonchev–Trinajstić information content (AvgIpc) is 3.20. The Kier molecular flexibility index (Phi) is 10.4. The van der Waals surface area contributed by atoms with Crippen LogP contribution in [0, 0.1) is 0 Å². The van der Waals surface area contributed by atoms with Crippen molar-refractivity contribution >= 4 is 70.9 Å². The number of hydrogen-bond acceptors (Lipinski definition) is 14. The number of carbonyl (C=O) groups excluding carboxylic acids is 4. The first-order valence-corrected chi connectivity index (χ1v) is 13.9. The second-order valence-electron chi connectivity index (χ2n) is 8.40. The maximum atomic E-state index is 13.1. The van der Waals surface area contributed by atoms with Crippen LogP contribution in [0.5, 0.6) is 5.75 Å². The lowest BCUT2D eigenvalue weighted by Gasteiger charge is -2.14. The van der Waals surface area contributed by atoms with E-state index in [1.807, 2.05) is 0 Å². The third-order valence-corrected chi connectivity index (χ3v) is 7.62. The van der Waals surface area contributed by atoms with Gasteiger partial charge in [0.2, 0.25) is 11.8 Å². The Hall–Kier alpha value is -3.21. The molecule has 2 heterocycles. The second kappa shape index (κ2) is 13.9. The SMILES string of the molecule is O=COCSC1CC(=O)N(CCCCCC(=O)c2c3oc4cc(OSOOO)c(Cl)cc4nc-3ccc2=O)C1=O. The molecule has 0 spiro atoms. The van der Waals surface area contributed by atoms with Crippen LogP contribution in [0.3, 0.4) is 0 Å². The summed E-state index contributed by atoms with van der Waals surface area (Å²) in [5, 5.41) is 11.2. The van der Waals surface area contributed by atoms with Crippen LogP contribution < -0.4 is 9.61 Å². The second-order valence-corrected chi connectivity index (χ2v) is 10.4. The minimum absolute atomic E-state index is 0.00657. The lowest BCUT2D eigenvalue weighted by Crippen LogP contribution is -2.32. The Morgan fingerprint density at radius 3 is 2.83 bits per heavy atom. The normalized spacial score (nSPS) is 15.2. The number of unbranched alkanes of at least 4 members (excludes halogenated alkanes) is 2. The number of imide groups is 1. The topological polar surface area (TPSA) is 172 Å². The summed E-state index contributed by atoms with van der Waals surface area (Å²) in [6.07, 6.45) is 1.51. The molecule has 2 amide bonds. The molecular formula is C24H21ClN2O11S2. The third kappa shape index (κ3) is 6.92. The molecule has 0 saturated carbocycles. The van der Waals surface area contributed by atoms with Gasteiger partial charge in [-0.2, -0.15) is 0 Å². The smallest absolute Gasteiger partial charge is 0.293 e. The van der Waals surface area contributed by atoms with E-state index in [4.69, 9.17) is 25.5 Å². The van der Waals surface area contributed by atoms with E-state index in [1.54, 1.807) is 0 Å². The number of halogens is 1. The van der Waals surface area contributed by atoms with E-state index >= 15 is 0 Å². The van der Waals surface area contributed by atoms with Gasteiger partial charge in [0.05, 0.1) is 10.3 Å². The highest BCUT2D eigenvalue weighted by Gasteiger charge is 2.38. The monoisotopic (exact) mass is 612 g/mol. The fourth-order valence-electron chi connectivity index (χ4n) is 4.09. The number of carbonyl (C=O) groups is 4. The summed E-state index contributed by atoms with van der Waals surface area (Å²) in [5.74, 6) is -0.961. The molecule has 0 radical (unpaired) electrons. The Bertz CT molecular complexity index is 1450. The number of benzene rings is 2. The van der Waals surface area contributed by atoms with Crippen molar-refractivity contribution in [3.63, 3.8) is 0 Å². The molecule has 40 heavy (non-hydrogen) atoms. The van der Waals surface area contributed by atoms with E-state index in [0.29, 0.717) is 24.8 Å². The number of amides is 2. The molecule has 0 bridgehead atoms. The molecule has 1 aliphatic carbocycles. The molecule has 1 saturated heterocycles. The van der Waals surface area contributed by atoms with Gasteiger partial charge in [0.1, 0.15) is 22.7 Å². The zero-order chi connectivity index (χ0) is 28.6. The summed E-state index contributed by atoms with van der Waals surface area (Å²) in [6, 6.07) is 5.52. The minimum atomic E-state index is -0.579. The zero-order valence-corrected chi connectivity index (χ0v) is 22.9. The van der Waals surface area contributed by atoms with Gasteiger partial charge in [0, 0.05) is 25.5 Å². The molecule has 4 rings (SSSR count). The Morgan fingerprint density at radius 2 is 2.05 bits per heavy atom. The number of hydrogen-bond donors (Lipinski definition) is 1. The van der Waals surface area contributed by atoms with Crippen LogP contribution in [0.1, 0.15) is 42.5 Å². The summed E-state index contributed by atoms with van der Waals surface area (Å²) in [4.78, 5) is 66.2. The van der Waals surface area contributed by atoms with E-state index in [1.165, 1.54) is 29.2 Å². The van der Waals surface area contributed by atoms with Crippen LogP contribution in [-0.2, 0) is 28.5 Å². The van der Waals surface area contributed by atoms with Crippen LogP contribution in [0.4, 0.5) is 0 Å². The van der Waals surface area contributed by atoms with Crippen LogP contribution in [0.15, 0.2) is 33.5 Å². The molecule has 1 aromatic carbocycles. The van der Waals surface area contributed by atoms with Gasteiger partial charge < -0.3 is 13.3 Å². The number of likely N-dealkylation sites (tertiary alicyclic amines) is 1. The number of thioether (sulfide) groups is 1. The van der Waals surface area contributed by atoms with E-state index in [2.05, 4.69) is 19.1 Å². The number of Topliss-reactive ketones (excluding diaryl/α,β-unsaturated/α-hetero) is 1. The number of fused-ring (bicyclic) bond motifs is 2. The maximum absolute atomic E-state index is 13.1. The van der Waals surface area contributed by atoms with E-state index < -0.39 is 16.5 Å². The molecule has 13 nitrogen and oxygen atoms in total. The Balaban J connectivity index is 1.39. The average molecular weight is 613 g/mol. The quantitative estimate of drug-likeness (QED) is 0.0300. The van der Waals surface area contributed by atoms with Gasteiger partial charge in [-0.05, 0) is 31.0 Å². The van der Waals surface area contributed by atoms with Crippen molar-refractivity contribution in [1.29, 1.82) is 0 Å². The molecule has 1 N–H and O–H groups in total. The molecule has 2 aliphatic heterocycles. The van der Waals surface area contributed by atoms with E-state index in [-0.39, 0.29) is 89.3 Å². The van der Waals surface area contributed by atoms with Gasteiger partial charge in [0.25, 0.3) is 18.8 Å². The summed E-state index contributed by atoms with van der Waals surface area (Å²) < 4.78 is 19.8. The first kappa shape index (κ1) is 29.8. The van der Waals surface area contributed by atoms with Crippen molar-refractivity contribution < 1.29 is 47.1 Å². The Labute approximate surface area is 239 Å². The van der Waals surface area contributed by atoms with Crippen LogP contribution in [0.2, 0.25) is 5.02 Å². The van der Waals surface area contributed by atoms with Crippen LogP contribution >= 0.6 is 35.7 Å². The van der Waals surface area contributed by atoms with Gasteiger partial charge in [-0.15, -0.1) is 11.8 Å². The van der Waals surface area contributed by atoms with Crippen LogP contribution in [0.25, 0.3) is 22.6 Å². The first-order chi connectivity index (χ1) is 19.3. The van der Waals surface area contributed by atoms with Gasteiger partial charge in [-0.25, -0.2) is 10.2 Å². The number of ketones is 1. The summed E-state index contributed by atoms with van der Waals surface area (Å²) in [5.41, 5.74) is 0.134. The Morgan fingerprint density at radius 1 is 1.23 bits per heavy atom. The third-order valence-electron chi connectivity index (χ3n) is 5.92. The summed E-state index contributed by atoms with van der Waals surface area (Å²) in [7, 11) is 0. The number of aromatic nitrogens is 1. The molecule has 1 unspecified atom stereocenters. The van der Waals surface area contributed by atoms with Crippen molar-refractivity contribution in [3.8, 4) is 17.2 Å². The molecule has 212 valence electrons. The van der Waals surface area contributed by atoms with Crippen molar-refractivity contribution in [3.05, 3.63) is 45.1 Å². The lowest BCUT2D eigenvalue weighted by molar-refractivity contribution is -0.433. The molecular weight excluding hydrogens is 592 g/mol. The summed E-state index contributed by atoms with van der Waals surface area (Å²) >= 11 is 7.55. The predicted molar refractivity (Wildman–Crippen MR) is 142 cm³/mol. The van der Waals surface area contributed by atoms with Crippen molar-refractivity contribution in [2.75, 3.05) is 12.5 Å². The highest BCUT2D eigenvalue weighted by molar-refractivity contribution is 8.00. The van der Waals surface area contributed by atoms with Gasteiger partial charge in [0.15, 0.2) is 28.3 Å². The maximum Gasteiger partial charge on any atom is 0.293 e. The van der Waals surface area contributed by atoms with Gasteiger partial charge in [-0.1, -0.05) is 27.4 Å². The van der Waals surface area contributed by atoms with E-state index in [0.717, 1.165) is 11.8 Å². The largest absolute Gasteiger partial charge is 0.457 e. The van der Waals surface area contributed by atoms with Gasteiger partial charge in [-0.3, -0.25) is 28.9 Å². The highest BCUT2D eigenvalue weighted by atomic mass is 35.5. The van der Waals surface area contributed by atoms with Crippen molar-refractivity contribution in [1.82, 2.24) is 9.88 Å². The zero-order valence-electron chi connectivity index (χ0n) is 20.5. The number of nitrogens with zero attached hydrogens (tertiary/aromatic N) is 2. The fourth-order valence-corrected chi connectivity index (χ4v) is 5.43. The lowest BCUT2D eigenvalue weighted by atomic mass is 10.00. The number of rotatable bonds is 15. The standard InChI is InChI=1S/C24H21ClN2O11S2/c25-13-8-15-19(9-18(13)36-40-38-37-33)35-23-14(26-15)5-6-17(30)22(23)16(29)4-2-1-3-7-27-21(31)10-20(24(27)32)39-12-34-11-28/h5-6,8-9,11,20,33H,1-4,7,10,12H2. The summed E-state index contributed by atoms with van der Waals surface area (Å²) in [6.45, 7) is 0.493. The highest BCUT2D eigenvalue weighted by Crippen LogP contribution is 2.35. The number of ether oxygens (including phenoxy) is 1. The minimum Gasteiger partial charge on any atom is -0.457 e. The van der Waals surface area contributed by atoms with Crippen molar-refractivity contribution in [2.45, 2.75) is 37.4 Å². The molecule has 1 fully saturated rings. The van der Waals surface area contributed by atoms with Crippen LogP contribution in [-0.4, -0.2) is 56.9 Å². The molecule has 1 aromatic rings. The molecule has 16 heteroatoms. The first-order valence-electron chi connectivity index (χ1n) is 11.8. The molecule has 0 aromatic heterocycles.